The van der Waals surface area contributed by atoms with Crippen molar-refractivity contribution in [3.8, 4) is 16.9 Å². The zero-order valence-corrected chi connectivity index (χ0v) is 16.6. The third-order valence-electron chi connectivity index (χ3n) is 5.88. The zero-order chi connectivity index (χ0) is 20.0. The number of aromatic nitrogens is 2. The smallest absolute Gasteiger partial charge is 0.144 e. The molecule has 1 aliphatic carbocycles. The zero-order valence-electron chi connectivity index (χ0n) is 16.6. The van der Waals surface area contributed by atoms with Crippen LogP contribution in [0.5, 0.6) is 5.75 Å². The number of ketones is 1. The summed E-state index contributed by atoms with van der Waals surface area (Å²) in [5.41, 5.74) is 5.20. The van der Waals surface area contributed by atoms with E-state index in [0.717, 1.165) is 46.1 Å². The van der Waals surface area contributed by atoms with Gasteiger partial charge in [0, 0.05) is 17.7 Å². The third kappa shape index (κ3) is 2.85. The maximum atomic E-state index is 13.0. The van der Waals surface area contributed by atoms with E-state index in [9.17, 15) is 4.79 Å². The minimum atomic E-state index is -0.243. The Labute approximate surface area is 170 Å². The van der Waals surface area contributed by atoms with Crippen LogP contribution in [0.4, 0.5) is 5.82 Å². The first-order valence-corrected chi connectivity index (χ1v) is 9.95. The summed E-state index contributed by atoms with van der Waals surface area (Å²) >= 11 is 0. The molecule has 5 heteroatoms. The number of aryl methyl sites for hydroxylation is 1. The molecule has 1 aromatic heterocycles. The van der Waals surface area contributed by atoms with Crippen LogP contribution >= 0.6 is 0 Å². The Morgan fingerprint density at radius 2 is 1.86 bits per heavy atom. The third-order valence-corrected chi connectivity index (χ3v) is 5.88. The molecule has 146 valence electrons. The monoisotopic (exact) mass is 385 g/mol. The molecule has 2 aromatic carbocycles. The number of anilines is 1. The van der Waals surface area contributed by atoms with Gasteiger partial charge >= 0.3 is 0 Å². The van der Waals surface area contributed by atoms with E-state index < -0.39 is 0 Å². The van der Waals surface area contributed by atoms with E-state index in [1.54, 1.807) is 7.11 Å². The fourth-order valence-corrected chi connectivity index (χ4v) is 4.53. The van der Waals surface area contributed by atoms with E-state index in [1.165, 1.54) is 0 Å². The van der Waals surface area contributed by atoms with Crippen molar-refractivity contribution in [2.45, 2.75) is 25.8 Å². The first-order chi connectivity index (χ1) is 14.2. The molecule has 0 saturated heterocycles. The second-order valence-corrected chi connectivity index (χ2v) is 7.60. The first-order valence-electron chi connectivity index (χ1n) is 9.95. The number of fused-ring (bicyclic) bond motifs is 2. The van der Waals surface area contributed by atoms with E-state index in [4.69, 9.17) is 9.84 Å². The topological polar surface area (TPSA) is 56.1 Å². The summed E-state index contributed by atoms with van der Waals surface area (Å²) in [4.78, 5) is 13.0. The van der Waals surface area contributed by atoms with Crippen LogP contribution in [0.2, 0.25) is 0 Å². The fraction of sp³-hybridized carbons (Fsp3) is 0.250. The Balaban J connectivity index is 1.72. The molecule has 0 radical (unpaired) electrons. The van der Waals surface area contributed by atoms with Gasteiger partial charge in [0.25, 0.3) is 0 Å². The molecule has 0 fully saturated rings. The number of nitrogens with zero attached hydrogens (tertiary/aromatic N) is 2. The van der Waals surface area contributed by atoms with Crippen LogP contribution in [0.25, 0.3) is 11.1 Å². The molecule has 29 heavy (non-hydrogen) atoms. The quantitative estimate of drug-likeness (QED) is 0.707. The summed E-state index contributed by atoms with van der Waals surface area (Å²) in [6.45, 7) is 2.03. The fourth-order valence-electron chi connectivity index (χ4n) is 4.53. The molecular formula is C24H23N3O2. The second-order valence-electron chi connectivity index (χ2n) is 7.60. The normalized spacial score (nSPS) is 20.3. The number of hydrogen-bond acceptors (Lipinski definition) is 4. The lowest BCUT2D eigenvalue weighted by atomic mass is 9.80. The number of allylic oxidation sites excluding steroid dienone is 2. The molecule has 5 nitrogen and oxygen atoms in total. The minimum Gasteiger partial charge on any atom is -0.497 e. The molecule has 2 atom stereocenters. The Kier molecular flexibility index (Phi) is 4.23. The highest BCUT2D eigenvalue weighted by molar-refractivity contribution is 5.89. The molecule has 2 aliphatic rings. The number of nitrogens with one attached hydrogen (secondary N) is 1. The molecule has 1 N–H and O–H groups in total. The summed E-state index contributed by atoms with van der Waals surface area (Å²) in [7, 11) is 1.66. The average Bonchev–Trinajstić information content (AvgIpc) is 3.08. The van der Waals surface area contributed by atoms with E-state index >= 15 is 0 Å². The lowest BCUT2D eigenvalue weighted by Crippen LogP contribution is -2.38. The summed E-state index contributed by atoms with van der Waals surface area (Å²) in [6, 6.07) is 18.1. The Hall–Kier alpha value is -3.34. The van der Waals surface area contributed by atoms with Gasteiger partial charge in [0.15, 0.2) is 0 Å². The maximum absolute atomic E-state index is 13.0. The predicted octanol–water partition coefficient (Wildman–Crippen LogP) is 4.75. The highest BCUT2D eigenvalue weighted by Gasteiger charge is 2.42. The van der Waals surface area contributed by atoms with Gasteiger partial charge < -0.3 is 10.1 Å². The van der Waals surface area contributed by atoms with Gasteiger partial charge in [-0.2, -0.15) is 5.10 Å². The van der Waals surface area contributed by atoms with Crippen LogP contribution in [0, 0.1) is 12.8 Å². The maximum Gasteiger partial charge on any atom is 0.144 e. The molecule has 0 unspecified atom stereocenters. The van der Waals surface area contributed by atoms with Crippen LogP contribution in [-0.2, 0) is 4.79 Å². The van der Waals surface area contributed by atoms with Crippen molar-refractivity contribution >= 4 is 11.6 Å². The van der Waals surface area contributed by atoms with Gasteiger partial charge in [-0.1, -0.05) is 48.5 Å². The molecule has 1 aliphatic heterocycles. The lowest BCUT2D eigenvalue weighted by molar-refractivity contribution is -0.123. The Bertz CT molecular complexity index is 1100. The van der Waals surface area contributed by atoms with Gasteiger partial charge in [-0.05, 0) is 36.6 Å². The number of benzene rings is 2. The van der Waals surface area contributed by atoms with Crippen molar-refractivity contribution in [1.29, 1.82) is 0 Å². The van der Waals surface area contributed by atoms with Gasteiger partial charge in [0.05, 0.1) is 24.8 Å². The SMILES string of the molecule is COc1ccc([C@H]2[C@@H]3C(=O)CCC=C3Nc3c(-c4ccccc4)c(C)nn32)cc1. The molecule has 0 spiro atoms. The number of Topliss-reactive ketones (excluding diaryl/α,β-unsaturated/α-hetero) is 1. The highest BCUT2D eigenvalue weighted by atomic mass is 16.5. The number of rotatable bonds is 3. The minimum absolute atomic E-state index is 0.174. The Morgan fingerprint density at radius 3 is 2.59 bits per heavy atom. The number of ether oxygens (including phenoxy) is 1. The number of carbonyl (C=O) groups excluding carboxylic acids is 1. The predicted molar refractivity (Wildman–Crippen MR) is 113 cm³/mol. The van der Waals surface area contributed by atoms with Crippen molar-refractivity contribution in [1.82, 2.24) is 9.78 Å². The summed E-state index contributed by atoms with van der Waals surface area (Å²) < 4.78 is 7.33. The molecular weight excluding hydrogens is 362 g/mol. The van der Waals surface area contributed by atoms with Crippen LogP contribution in [0.15, 0.2) is 66.4 Å². The van der Waals surface area contributed by atoms with Crippen molar-refractivity contribution in [2.75, 3.05) is 12.4 Å². The van der Waals surface area contributed by atoms with Crippen molar-refractivity contribution in [2.24, 2.45) is 5.92 Å². The number of methoxy groups -OCH3 is 1. The Morgan fingerprint density at radius 1 is 1.10 bits per heavy atom. The summed E-state index contributed by atoms with van der Waals surface area (Å²) in [5.74, 6) is 1.77. The molecule has 2 heterocycles. The van der Waals surface area contributed by atoms with E-state index in [1.807, 2.05) is 54.1 Å². The van der Waals surface area contributed by atoms with Crippen molar-refractivity contribution in [3.05, 3.63) is 77.6 Å². The molecule has 0 bridgehead atoms. The van der Waals surface area contributed by atoms with E-state index in [2.05, 4.69) is 23.5 Å². The first kappa shape index (κ1) is 17.7. The van der Waals surface area contributed by atoms with E-state index in [0.29, 0.717) is 6.42 Å². The van der Waals surface area contributed by atoms with Gasteiger partial charge in [-0.15, -0.1) is 0 Å². The number of hydrogen-bond donors (Lipinski definition) is 1. The number of carbonyl (C=O) groups is 1. The second kappa shape index (κ2) is 6.92. The van der Waals surface area contributed by atoms with Crippen LogP contribution < -0.4 is 10.1 Å². The van der Waals surface area contributed by atoms with Gasteiger partial charge in [0.1, 0.15) is 17.4 Å². The van der Waals surface area contributed by atoms with E-state index in [-0.39, 0.29) is 17.7 Å². The molecule has 5 rings (SSSR count). The van der Waals surface area contributed by atoms with Gasteiger partial charge in [0.2, 0.25) is 0 Å². The standard InChI is InChI=1S/C24H23N3O2/c1-15-21(16-7-4-3-5-8-16)24-25-19-9-6-10-20(28)22(19)23(27(24)26-15)17-11-13-18(29-2)14-12-17/h3-5,7-9,11-14,22-23,25H,6,10H2,1-2H3/t22-,23-/m0/s1. The van der Waals surface area contributed by atoms with Crippen molar-refractivity contribution in [3.63, 3.8) is 0 Å². The molecule has 3 aromatic rings. The van der Waals surface area contributed by atoms with Crippen molar-refractivity contribution < 1.29 is 9.53 Å². The van der Waals surface area contributed by atoms with Crippen LogP contribution in [0.3, 0.4) is 0 Å². The highest BCUT2D eigenvalue weighted by Crippen LogP contribution is 2.46. The van der Waals surface area contributed by atoms with Gasteiger partial charge in [-0.25, -0.2) is 4.68 Å². The van der Waals surface area contributed by atoms with Crippen LogP contribution in [-0.4, -0.2) is 22.7 Å². The molecule has 0 saturated carbocycles. The lowest BCUT2D eigenvalue weighted by Gasteiger charge is -2.37. The van der Waals surface area contributed by atoms with Crippen LogP contribution in [0.1, 0.15) is 30.1 Å². The summed E-state index contributed by atoms with van der Waals surface area (Å²) in [5, 5.41) is 8.45. The summed E-state index contributed by atoms with van der Waals surface area (Å²) in [6.07, 6.45) is 3.52. The molecule has 0 amide bonds. The largest absolute Gasteiger partial charge is 0.497 e. The van der Waals surface area contributed by atoms with Gasteiger partial charge in [-0.3, -0.25) is 4.79 Å². The average molecular weight is 385 g/mol.